The van der Waals surface area contributed by atoms with Crippen LogP contribution in [0.2, 0.25) is 0 Å². The van der Waals surface area contributed by atoms with E-state index in [1.807, 2.05) is 23.9 Å². The van der Waals surface area contributed by atoms with Gasteiger partial charge in [-0.15, -0.1) is 22.7 Å². The van der Waals surface area contributed by atoms with E-state index < -0.39 is 10.0 Å². The van der Waals surface area contributed by atoms with Crippen LogP contribution in [0.25, 0.3) is 0 Å². The fourth-order valence-corrected chi connectivity index (χ4v) is 5.22. The minimum absolute atomic E-state index is 0.317. The van der Waals surface area contributed by atoms with E-state index in [0.717, 1.165) is 14.9 Å². The molecule has 0 bridgehead atoms. The molecule has 0 amide bonds. The number of hydrogen-bond donors (Lipinski definition) is 2. The summed E-state index contributed by atoms with van der Waals surface area (Å²) in [4.78, 5) is 0.974. The van der Waals surface area contributed by atoms with Crippen LogP contribution < -0.4 is 10.0 Å². The Balaban J connectivity index is 2.04. The third-order valence-corrected chi connectivity index (χ3v) is 6.92. The maximum Gasteiger partial charge on any atom is 0.250 e. The van der Waals surface area contributed by atoms with Gasteiger partial charge < -0.3 is 5.32 Å². The standard InChI is InChI=1S/C11H13BrN2O2S3/c1-13-4-8-2-11(18-6-8)19(15,16)14-5-10-3-9(12)7-17-10/h2-3,6-7,13-14H,4-5H2,1H3. The molecular formula is C11H13BrN2O2S3. The number of rotatable bonds is 6. The van der Waals surface area contributed by atoms with Crippen LogP contribution >= 0.6 is 38.6 Å². The predicted molar refractivity (Wildman–Crippen MR) is 83.1 cm³/mol. The fraction of sp³-hybridized carbons (Fsp3) is 0.273. The van der Waals surface area contributed by atoms with Crippen molar-refractivity contribution in [1.29, 1.82) is 0 Å². The Morgan fingerprint density at radius 1 is 1.21 bits per heavy atom. The molecule has 0 aliphatic rings. The van der Waals surface area contributed by atoms with Gasteiger partial charge in [0.1, 0.15) is 4.21 Å². The molecule has 0 aromatic carbocycles. The molecule has 0 saturated carbocycles. The van der Waals surface area contributed by atoms with Gasteiger partial charge in [-0.1, -0.05) is 0 Å². The minimum atomic E-state index is -3.41. The van der Waals surface area contributed by atoms with Crippen molar-refractivity contribution in [2.75, 3.05) is 7.05 Å². The zero-order chi connectivity index (χ0) is 13.9. The molecule has 0 spiro atoms. The van der Waals surface area contributed by atoms with Crippen molar-refractivity contribution in [1.82, 2.24) is 10.0 Å². The second-order valence-electron chi connectivity index (χ2n) is 3.86. The summed E-state index contributed by atoms with van der Waals surface area (Å²) in [6.07, 6.45) is 0. The molecule has 4 nitrogen and oxygen atoms in total. The molecule has 0 saturated heterocycles. The number of nitrogens with one attached hydrogen (secondary N) is 2. The van der Waals surface area contributed by atoms with E-state index in [0.29, 0.717) is 17.3 Å². The van der Waals surface area contributed by atoms with Gasteiger partial charge in [0.05, 0.1) is 0 Å². The highest BCUT2D eigenvalue weighted by molar-refractivity contribution is 9.10. The van der Waals surface area contributed by atoms with Gasteiger partial charge >= 0.3 is 0 Å². The van der Waals surface area contributed by atoms with Gasteiger partial charge in [-0.2, -0.15) is 0 Å². The lowest BCUT2D eigenvalue weighted by atomic mass is 10.3. The molecule has 2 heterocycles. The van der Waals surface area contributed by atoms with E-state index in [2.05, 4.69) is 26.0 Å². The van der Waals surface area contributed by atoms with Crippen LogP contribution in [0, 0.1) is 0 Å². The summed E-state index contributed by atoms with van der Waals surface area (Å²) in [5.41, 5.74) is 0.978. The molecule has 2 N–H and O–H groups in total. The lowest BCUT2D eigenvalue weighted by Crippen LogP contribution is -2.21. The summed E-state index contributed by atoms with van der Waals surface area (Å²) in [5, 5.41) is 6.78. The average molecular weight is 381 g/mol. The highest BCUT2D eigenvalue weighted by atomic mass is 79.9. The summed E-state index contributed by atoms with van der Waals surface area (Å²) >= 11 is 6.11. The molecule has 0 aliphatic heterocycles. The first-order valence-corrected chi connectivity index (χ1v) is 9.49. The lowest BCUT2D eigenvalue weighted by molar-refractivity contribution is 0.584. The first-order chi connectivity index (χ1) is 9.01. The van der Waals surface area contributed by atoms with Crippen LogP contribution in [0.15, 0.2) is 31.6 Å². The smallest absolute Gasteiger partial charge is 0.250 e. The molecule has 0 unspecified atom stereocenters. The highest BCUT2D eigenvalue weighted by Gasteiger charge is 2.16. The second-order valence-corrected chi connectivity index (χ2v) is 8.68. The molecule has 2 rings (SSSR count). The van der Waals surface area contributed by atoms with Crippen LogP contribution in [-0.4, -0.2) is 15.5 Å². The van der Waals surface area contributed by atoms with E-state index >= 15 is 0 Å². The first kappa shape index (κ1) is 15.1. The normalized spacial score (nSPS) is 11.9. The van der Waals surface area contributed by atoms with E-state index in [1.54, 1.807) is 6.07 Å². The highest BCUT2D eigenvalue weighted by Crippen LogP contribution is 2.22. The van der Waals surface area contributed by atoms with Crippen LogP contribution in [-0.2, 0) is 23.1 Å². The molecule has 0 atom stereocenters. The van der Waals surface area contributed by atoms with Gasteiger partial charge in [0, 0.05) is 27.8 Å². The van der Waals surface area contributed by atoms with Gasteiger partial charge in [-0.25, -0.2) is 13.1 Å². The molecule has 8 heteroatoms. The van der Waals surface area contributed by atoms with Gasteiger partial charge in [0.2, 0.25) is 10.0 Å². The van der Waals surface area contributed by atoms with E-state index in [-0.39, 0.29) is 0 Å². The maximum atomic E-state index is 12.1. The zero-order valence-electron chi connectivity index (χ0n) is 10.1. The topological polar surface area (TPSA) is 58.2 Å². The number of hydrogen-bond acceptors (Lipinski definition) is 5. The van der Waals surface area contributed by atoms with Crippen molar-refractivity contribution >= 4 is 48.6 Å². The first-order valence-electron chi connectivity index (χ1n) is 5.46. The van der Waals surface area contributed by atoms with Crippen molar-refractivity contribution in [3.05, 3.63) is 37.8 Å². The quantitative estimate of drug-likeness (QED) is 0.809. The van der Waals surface area contributed by atoms with Crippen molar-refractivity contribution < 1.29 is 8.42 Å². The van der Waals surface area contributed by atoms with Crippen molar-refractivity contribution in [2.24, 2.45) is 0 Å². The van der Waals surface area contributed by atoms with E-state index in [4.69, 9.17) is 0 Å². The van der Waals surface area contributed by atoms with Crippen molar-refractivity contribution in [2.45, 2.75) is 17.3 Å². The molecule has 19 heavy (non-hydrogen) atoms. The summed E-state index contributed by atoms with van der Waals surface area (Å²) < 4.78 is 28.1. The van der Waals surface area contributed by atoms with Gasteiger partial charge in [-0.3, -0.25) is 0 Å². The Labute approximate surface area is 129 Å². The summed E-state index contributed by atoms with van der Waals surface area (Å²) in [5.74, 6) is 0. The van der Waals surface area contributed by atoms with Gasteiger partial charge in [0.15, 0.2) is 0 Å². The lowest BCUT2D eigenvalue weighted by Gasteiger charge is -2.02. The molecular weight excluding hydrogens is 368 g/mol. The van der Waals surface area contributed by atoms with E-state index in [9.17, 15) is 8.42 Å². The Morgan fingerprint density at radius 2 is 2.00 bits per heavy atom. The van der Waals surface area contributed by atoms with Crippen LogP contribution in [0.3, 0.4) is 0 Å². The molecule has 2 aromatic rings. The van der Waals surface area contributed by atoms with Crippen molar-refractivity contribution in [3.63, 3.8) is 0 Å². The van der Waals surface area contributed by atoms with Crippen molar-refractivity contribution in [3.8, 4) is 0 Å². The van der Waals surface area contributed by atoms with Crippen LogP contribution in [0.4, 0.5) is 0 Å². The Morgan fingerprint density at radius 3 is 2.63 bits per heavy atom. The van der Waals surface area contributed by atoms with E-state index in [1.165, 1.54) is 22.7 Å². The average Bonchev–Trinajstić information content (AvgIpc) is 2.97. The zero-order valence-corrected chi connectivity index (χ0v) is 14.2. The number of thiophene rings is 2. The molecule has 2 aromatic heterocycles. The molecule has 0 radical (unpaired) electrons. The van der Waals surface area contributed by atoms with Crippen LogP contribution in [0.1, 0.15) is 10.4 Å². The summed E-state index contributed by atoms with van der Waals surface area (Å²) in [7, 11) is -1.58. The van der Waals surface area contributed by atoms with Gasteiger partial charge in [-0.05, 0) is 46.1 Å². The SMILES string of the molecule is CNCc1csc(S(=O)(=O)NCc2cc(Br)cs2)c1. The number of sulfonamides is 1. The molecule has 0 fully saturated rings. The molecule has 104 valence electrons. The summed E-state index contributed by atoms with van der Waals surface area (Å²) in [6, 6.07) is 3.61. The number of halogens is 1. The monoisotopic (exact) mass is 380 g/mol. The second kappa shape index (κ2) is 6.47. The maximum absolute atomic E-state index is 12.1. The molecule has 0 aliphatic carbocycles. The largest absolute Gasteiger partial charge is 0.316 e. The third-order valence-electron chi connectivity index (χ3n) is 2.33. The van der Waals surface area contributed by atoms with Crippen LogP contribution in [0.5, 0.6) is 0 Å². The van der Waals surface area contributed by atoms with Gasteiger partial charge in [0.25, 0.3) is 0 Å². The Hall–Kier alpha value is -0.250. The third kappa shape index (κ3) is 4.11. The Bertz CT molecular complexity index is 648. The Kier molecular flexibility index (Phi) is 5.15. The summed E-state index contributed by atoms with van der Waals surface area (Å²) in [6.45, 7) is 0.988. The predicted octanol–water partition coefficient (Wildman–Crippen LogP) is 2.77. The fourth-order valence-electron chi connectivity index (χ4n) is 1.47. The minimum Gasteiger partial charge on any atom is -0.316 e.